The van der Waals surface area contributed by atoms with Gasteiger partial charge in [0.15, 0.2) is 5.51 Å². The van der Waals surface area contributed by atoms with Crippen molar-refractivity contribution in [3.63, 3.8) is 0 Å². The smallest absolute Gasteiger partial charge is 0.447 e. The number of ether oxygens (including phenoxy) is 2. The summed E-state index contributed by atoms with van der Waals surface area (Å²) < 4.78 is 47.5. The molecule has 1 aromatic heterocycles. The Hall–Kier alpha value is -1.76. The first-order valence-corrected chi connectivity index (χ1v) is 5.70. The van der Waals surface area contributed by atoms with Crippen LogP contribution in [0, 0.1) is 5.51 Å². The van der Waals surface area contributed by atoms with Crippen LogP contribution in [0.2, 0.25) is 0 Å². The molecule has 1 unspecified atom stereocenters. The van der Waals surface area contributed by atoms with Crippen molar-refractivity contribution < 1.29 is 22.6 Å². The summed E-state index contributed by atoms with van der Waals surface area (Å²) in [5.74, 6) is -0.0997. The summed E-state index contributed by atoms with van der Waals surface area (Å²) in [6.45, 7) is 0. The lowest BCUT2D eigenvalue weighted by Crippen LogP contribution is -2.39. The Labute approximate surface area is 105 Å². The van der Waals surface area contributed by atoms with E-state index in [0.717, 1.165) is 11.3 Å². The Morgan fingerprint density at radius 1 is 1.17 bits per heavy atom. The highest BCUT2D eigenvalue weighted by molar-refractivity contribution is 7.07. The molecule has 0 aliphatic rings. The van der Waals surface area contributed by atoms with E-state index in [9.17, 15) is 13.2 Å². The lowest BCUT2D eigenvalue weighted by atomic mass is 10.3. The van der Waals surface area contributed by atoms with Crippen molar-refractivity contribution in [3.05, 3.63) is 41.2 Å². The average Bonchev–Trinajstić information content (AvgIpc) is 2.81. The highest BCUT2D eigenvalue weighted by Gasteiger charge is 2.44. The molecule has 1 radical (unpaired) electrons. The summed E-state index contributed by atoms with van der Waals surface area (Å²) in [6, 6.07) is 7.63. The second-order valence-electron chi connectivity index (χ2n) is 3.20. The summed E-state index contributed by atoms with van der Waals surface area (Å²) in [7, 11) is 0. The molecule has 0 aliphatic carbocycles. The molecule has 1 atom stereocenters. The van der Waals surface area contributed by atoms with Gasteiger partial charge in [0, 0.05) is 0 Å². The maximum atomic E-state index is 12.7. The number of para-hydroxylation sites is 1. The summed E-state index contributed by atoms with van der Waals surface area (Å²) in [5.41, 5.74) is 2.39. The van der Waals surface area contributed by atoms with E-state index in [4.69, 9.17) is 4.74 Å². The molecule has 0 bridgehead atoms. The molecule has 1 aromatic carbocycles. The third-order valence-corrected chi connectivity index (χ3v) is 2.37. The summed E-state index contributed by atoms with van der Waals surface area (Å²) in [6.07, 6.45) is -7.05. The Morgan fingerprint density at radius 2 is 1.89 bits per heavy atom. The monoisotopic (exact) mass is 274 g/mol. The van der Waals surface area contributed by atoms with Crippen molar-refractivity contribution in [2.75, 3.05) is 0 Å². The number of halogens is 3. The highest BCUT2D eigenvalue weighted by Crippen LogP contribution is 2.27. The van der Waals surface area contributed by atoms with Gasteiger partial charge in [0.05, 0.1) is 5.38 Å². The van der Waals surface area contributed by atoms with Crippen LogP contribution < -0.4 is 9.47 Å². The predicted octanol–water partition coefficient (Wildman–Crippen LogP) is 3.29. The van der Waals surface area contributed by atoms with Crippen molar-refractivity contribution in [3.8, 4) is 11.6 Å². The lowest BCUT2D eigenvalue weighted by Gasteiger charge is -2.21. The molecular formula is C11H7F3NO2S. The lowest BCUT2D eigenvalue weighted by molar-refractivity contribution is -0.255. The largest absolute Gasteiger partial charge is 0.464 e. The van der Waals surface area contributed by atoms with E-state index in [1.54, 1.807) is 18.2 Å². The zero-order valence-corrected chi connectivity index (χ0v) is 9.66. The molecule has 0 spiro atoms. The first kappa shape index (κ1) is 12.7. The Morgan fingerprint density at radius 3 is 2.44 bits per heavy atom. The number of alkyl halides is 3. The fourth-order valence-electron chi connectivity index (χ4n) is 1.12. The van der Waals surface area contributed by atoms with Crippen LogP contribution in [0.3, 0.4) is 0 Å². The minimum Gasteiger partial charge on any atom is -0.447 e. The van der Waals surface area contributed by atoms with Crippen LogP contribution in [0.4, 0.5) is 13.2 Å². The maximum Gasteiger partial charge on any atom is 0.464 e. The SMILES string of the molecule is FC(F)(F)C(Oc1ccccc1)Oc1cs[c]n1. The molecule has 18 heavy (non-hydrogen) atoms. The van der Waals surface area contributed by atoms with Gasteiger partial charge in [-0.15, -0.1) is 11.3 Å². The molecule has 0 amide bonds. The molecule has 0 saturated carbocycles. The summed E-state index contributed by atoms with van der Waals surface area (Å²) >= 11 is 1.01. The van der Waals surface area contributed by atoms with Gasteiger partial charge >= 0.3 is 12.5 Å². The van der Waals surface area contributed by atoms with Crippen LogP contribution in [0.15, 0.2) is 35.7 Å². The van der Waals surface area contributed by atoms with Crippen molar-refractivity contribution in [1.82, 2.24) is 4.98 Å². The maximum absolute atomic E-state index is 12.7. The van der Waals surface area contributed by atoms with Crippen LogP contribution in [-0.4, -0.2) is 17.5 Å². The van der Waals surface area contributed by atoms with Gasteiger partial charge in [0.2, 0.25) is 5.88 Å². The number of benzene rings is 1. The zero-order valence-electron chi connectivity index (χ0n) is 8.85. The van der Waals surface area contributed by atoms with Gasteiger partial charge in [0.1, 0.15) is 5.75 Å². The molecule has 2 aromatic rings. The van der Waals surface area contributed by atoms with E-state index in [1.807, 2.05) is 0 Å². The second kappa shape index (κ2) is 5.26. The number of rotatable bonds is 4. The molecule has 2 rings (SSSR count). The molecule has 0 N–H and O–H groups in total. The van der Waals surface area contributed by atoms with Gasteiger partial charge < -0.3 is 9.47 Å². The first-order valence-electron chi connectivity index (χ1n) is 4.82. The van der Waals surface area contributed by atoms with Gasteiger partial charge in [-0.25, -0.2) is 0 Å². The molecule has 0 saturated heterocycles. The fraction of sp³-hybridized carbons (Fsp3) is 0.182. The number of hydrogen-bond donors (Lipinski definition) is 0. The van der Waals surface area contributed by atoms with E-state index < -0.39 is 12.5 Å². The Bertz CT molecular complexity index is 473. The van der Waals surface area contributed by atoms with E-state index in [1.165, 1.54) is 17.5 Å². The number of aromatic nitrogens is 1. The minimum atomic E-state index is -4.65. The predicted molar refractivity (Wildman–Crippen MR) is 58.5 cm³/mol. The van der Waals surface area contributed by atoms with E-state index in [2.05, 4.69) is 15.2 Å². The minimum absolute atomic E-state index is 0.0686. The zero-order chi connectivity index (χ0) is 13.0. The molecule has 0 aliphatic heterocycles. The van der Waals surface area contributed by atoms with Crippen molar-refractivity contribution in [1.29, 1.82) is 0 Å². The molecule has 95 valence electrons. The fourth-order valence-corrected chi connectivity index (χ4v) is 1.52. The van der Waals surface area contributed by atoms with E-state index in [-0.39, 0.29) is 11.6 Å². The van der Waals surface area contributed by atoms with Crippen molar-refractivity contribution in [2.45, 2.75) is 12.5 Å². The van der Waals surface area contributed by atoms with E-state index in [0.29, 0.717) is 0 Å². The average molecular weight is 274 g/mol. The van der Waals surface area contributed by atoms with E-state index >= 15 is 0 Å². The number of hydrogen-bond acceptors (Lipinski definition) is 4. The van der Waals surface area contributed by atoms with Gasteiger partial charge in [-0.3, -0.25) is 0 Å². The second-order valence-corrected chi connectivity index (χ2v) is 3.85. The Kier molecular flexibility index (Phi) is 3.71. The van der Waals surface area contributed by atoms with Crippen molar-refractivity contribution in [2.24, 2.45) is 0 Å². The molecule has 1 heterocycles. The van der Waals surface area contributed by atoms with Crippen LogP contribution in [-0.2, 0) is 0 Å². The van der Waals surface area contributed by atoms with Crippen LogP contribution in [0.5, 0.6) is 11.6 Å². The third-order valence-electron chi connectivity index (χ3n) is 1.85. The molecule has 3 nitrogen and oxygen atoms in total. The normalized spacial score (nSPS) is 13.1. The Balaban J connectivity index is 2.11. The standard InChI is InChI=1S/C11H7F3NO2S/c12-11(13,14)10(17-9-6-18-7-15-9)16-8-4-2-1-3-5-8/h1-6,10H. The quantitative estimate of drug-likeness (QED) is 0.802. The number of thiazole rings is 1. The van der Waals surface area contributed by atoms with Gasteiger partial charge in [0.25, 0.3) is 0 Å². The highest BCUT2D eigenvalue weighted by atomic mass is 32.1. The van der Waals surface area contributed by atoms with Crippen molar-refractivity contribution >= 4 is 11.3 Å². The van der Waals surface area contributed by atoms with Gasteiger partial charge in [-0.2, -0.15) is 18.2 Å². The molecular weight excluding hydrogens is 267 g/mol. The molecule has 7 heteroatoms. The molecule has 0 fully saturated rings. The third kappa shape index (κ3) is 3.36. The van der Waals surface area contributed by atoms with Crippen LogP contribution in [0.25, 0.3) is 0 Å². The summed E-state index contributed by atoms with van der Waals surface area (Å²) in [4.78, 5) is 3.50. The topological polar surface area (TPSA) is 31.4 Å². The van der Waals surface area contributed by atoms with Gasteiger partial charge in [-0.1, -0.05) is 18.2 Å². The first-order chi connectivity index (χ1) is 8.55. The number of nitrogens with zero attached hydrogens (tertiary/aromatic N) is 1. The van der Waals surface area contributed by atoms with Crippen LogP contribution in [0.1, 0.15) is 0 Å². The summed E-state index contributed by atoms with van der Waals surface area (Å²) in [5, 5.41) is 1.31. The van der Waals surface area contributed by atoms with Gasteiger partial charge in [-0.05, 0) is 12.1 Å². The van der Waals surface area contributed by atoms with Crippen LogP contribution >= 0.6 is 11.3 Å².